The maximum Gasteiger partial charge on any atom is 0.451 e. The summed E-state index contributed by atoms with van der Waals surface area (Å²) in [5.74, 6) is -1.80. The first-order valence-corrected chi connectivity index (χ1v) is 5.74. The number of nitrogens with zero attached hydrogens (tertiary/aromatic N) is 2. The van der Waals surface area contributed by atoms with Gasteiger partial charge in [0.15, 0.2) is 11.6 Å². The number of hydrogen-bond acceptors (Lipinski definition) is 3. The van der Waals surface area contributed by atoms with Crippen LogP contribution in [0, 0.1) is 11.6 Å². The molecular formula is C11H13BF2N2O2. The van der Waals surface area contributed by atoms with Crippen molar-refractivity contribution in [2.75, 3.05) is 0 Å². The summed E-state index contributed by atoms with van der Waals surface area (Å²) < 4.78 is 27.8. The van der Waals surface area contributed by atoms with Gasteiger partial charge in [0.2, 0.25) is 0 Å². The van der Waals surface area contributed by atoms with Crippen LogP contribution >= 0.6 is 0 Å². The second kappa shape index (κ2) is 5.45. The fourth-order valence-corrected chi connectivity index (χ4v) is 1.84. The molecule has 96 valence electrons. The number of hydrogen-bond donors (Lipinski definition) is 2. The highest BCUT2D eigenvalue weighted by Crippen LogP contribution is 2.18. The molecule has 0 fully saturated rings. The Morgan fingerprint density at radius 1 is 1.17 bits per heavy atom. The lowest BCUT2D eigenvalue weighted by atomic mass is 9.84. The normalized spacial score (nSPS) is 11.1. The molecule has 1 heterocycles. The summed E-state index contributed by atoms with van der Waals surface area (Å²) in [6.07, 6.45) is 3.18. The largest absolute Gasteiger partial charge is 0.451 e. The zero-order valence-corrected chi connectivity index (χ0v) is 9.68. The Balaban J connectivity index is 2.07. The summed E-state index contributed by atoms with van der Waals surface area (Å²) >= 11 is 0. The van der Waals surface area contributed by atoms with Crippen LogP contribution < -0.4 is 0 Å². The molecule has 0 aliphatic heterocycles. The fourth-order valence-electron chi connectivity index (χ4n) is 1.84. The van der Waals surface area contributed by atoms with E-state index in [-0.39, 0.29) is 0 Å². The Morgan fingerprint density at radius 3 is 2.61 bits per heavy atom. The molecule has 2 N–H and O–H groups in total. The molecule has 4 nitrogen and oxygen atoms in total. The maximum atomic E-state index is 13.1. The van der Waals surface area contributed by atoms with Gasteiger partial charge in [-0.3, -0.25) is 0 Å². The Kier molecular flexibility index (Phi) is 3.93. The average molecular weight is 254 g/mol. The quantitative estimate of drug-likeness (QED) is 0.628. The van der Waals surface area contributed by atoms with Crippen LogP contribution in [0.1, 0.15) is 12.8 Å². The lowest BCUT2D eigenvalue weighted by molar-refractivity contribution is 0.401. The third-order valence-corrected chi connectivity index (χ3v) is 2.77. The van der Waals surface area contributed by atoms with Crippen LogP contribution in [0.2, 0.25) is 6.32 Å². The van der Waals surface area contributed by atoms with E-state index in [1.165, 1.54) is 6.33 Å². The van der Waals surface area contributed by atoms with Crippen LogP contribution in [0.25, 0.3) is 11.0 Å². The maximum absolute atomic E-state index is 13.1. The topological polar surface area (TPSA) is 58.3 Å². The van der Waals surface area contributed by atoms with Crippen molar-refractivity contribution < 1.29 is 18.8 Å². The van der Waals surface area contributed by atoms with Gasteiger partial charge in [0.25, 0.3) is 0 Å². The van der Waals surface area contributed by atoms with Gasteiger partial charge in [0.1, 0.15) is 0 Å². The summed E-state index contributed by atoms with van der Waals surface area (Å²) in [6.45, 7) is 0.578. The van der Waals surface area contributed by atoms with Gasteiger partial charge in [-0.1, -0.05) is 6.42 Å². The van der Waals surface area contributed by atoms with Crippen LogP contribution in [-0.2, 0) is 6.54 Å². The molecule has 0 aliphatic rings. The molecule has 0 saturated heterocycles. The van der Waals surface area contributed by atoms with Crippen molar-refractivity contribution >= 4 is 18.2 Å². The van der Waals surface area contributed by atoms with Gasteiger partial charge in [-0.15, -0.1) is 0 Å². The molecule has 1 aromatic carbocycles. The molecule has 0 atom stereocenters. The van der Waals surface area contributed by atoms with Crippen molar-refractivity contribution in [2.24, 2.45) is 0 Å². The number of aromatic nitrogens is 2. The minimum Gasteiger partial charge on any atom is -0.427 e. The van der Waals surface area contributed by atoms with Gasteiger partial charge in [-0.25, -0.2) is 13.8 Å². The second-order valence-corrected chi connectivity index (χ2v) is 4.17. The molecule has 0 bridgehead atoms. The number of imidazole rings is 1. The summed E-state index contributed by atoms with van der Waals surface area (Å²) in [6, 6.07) is 2.19. The van der Waals surface area contributed by atoms with Crippen molar-refractivity contribution in [3.8, 4) is 0 Å². The highest BCUT2D eigenvalue weighted by atomic mass is 19.2. The molecule has 18 heavy (non-hydrogen) atoms. The van der Waals surface area contributed by atoms with E-state index in [1.54, 1.807) is 4.57 Å². The van der Waals surface area contributed by atoms with E-state index >= 15 is 0 Å². The van der Waals surface area contributed by atoms with E-state index in [2.05, 4.69) is 4.98 Å². The molecule has 0 radical (unpaired) electrons. The van der Waals surface area contributed by atoms with Crippen molar-refractivity contribution in [1.82, 2.24) is 9.55 Å². The van der Waals surface area contributed by atoms with Crippen LogP contribution in [0.15, 0.2) is 18.5 Å². The molecule has 2 aromatic rings. The minimum atomic E-state index is -1.30. The highest BCUT2D eigenvalue weighted by molar-refractivity contribution is 6.40. The Labute approximate surface area is 103 Å². The van der Waals surface area contributed by atoms with Crippen LogP contribution in [0.5, 0.6) is 0 Å². The van der Waals surface area contributed by atoms with Gasteiger partial charge < -0.3 is 14.6 Å². The van der Waals surface area contributed by atoms with E-state index in [1.807, 2.05) is 0 Å². The van der Waals surface area contributed by atoms with Gasteiger partial charge in [-0.2, -0.15) is 0 Å². The smallest absolute Gasteiger partial charge is 0.427 e. The van der Waals surface area contributed by atoms with Crippen molar-refractivity contribution in [3.05, 3.63) is 30.1 Å². The number of benzene rings is 1. The van der Waals surface area contributed by atoms with E-state index < -0.39 is 18.8 Å². The standard InChI is InChI=1S/C11H13BF2N2O2/c13-8-5-10-11(6-9(8)14)16(7-15-10)4-2-1-3-12(17)18/h5-7,17-18H,1-4H2. The predicted octanol–water partition coefficient (Wildman–Crippen LogP) is 1.57. The zero-order valence-electron chi connectivity index (χ0n) is 9.68. The SMILES string of the molecule is OB(O)CCCCn1cnc2cc(F)c(F)cc21. The number of halogens is 2. The zero-order chi connectivity index (χ0) is 13.1. The lowest BCUT2D eigenvalue weighted by Crippen LogP contribution is -2.10. The minimum absolute atomic E-state index is 0.301. The molecule has 0 aliphatic carbocycles. The van der Waals surface area contributed by atoms with Crippen LogP contribution in [0.4, 0.5) is 8.78 Å². The summed E-state index contributed by atoms with van der Waals surface area (Å²) in [7, 11) is -1.30. The Morgan fingerprint density at radius 2 is 1.89 bits per heavy atom. The van der Waals surface area contributed by atoms with E-state index in [0.717, 1.165) is 12.1 Å². The van der Waals surface area contributed by atoms with Crippen molar-refractivity contribution in [3.63, 3.8) is 0 Å². The van der Waals surface area contributed by atoms with Gasteiger partial charge >= 0.3 is 7.12 Å². The fraction of sp³-hybridized carbons (Fsp3) is 0.364. The number of unbranched alkanes of at least 4 members (excludes halogenated alkanes) is 1. The lowest BCUT2D eigenvalue weighted by Gasteiger charge is -2.04. The molecule has 0 spiro atoms. The first kappa shape index (κ1) is 13.0. The molecule has 7 heteroatoms. The average Bonchev–Trinajstić information content (AvgIpc) is 2.68. The first-order chi connectivity index (χ1) is 8.58. The van der Waals surface area contributed by atoms with Crippen LogP contribution in [-0.4, -0.2) is 26.7 Å². The van der Waals surface area contributed by atoms with Gasteiger partial charge in [-0.05, 0) is 12.7 Å². The first-order valence-electron chi connectivity index (χ1n) is 5.74. The van der Waals surface area contributed by atoms with Crippen molar-refractivity contribution in [2.45, 2.75) is 25.7 Å². The van der Waals surface area contributed by atoms with Gasteiger partial charge in [0, 0.05) is 18.7 Å². The predicted molar refractivity (Wildman–Crippen MR) is 63.9 cm³/mol. The second-order valence-electron chi connectivity index (χ2n) is 4.17. The molecule has 0 unspecified atom stereocenters. The third-order valence-electron chi connectivity index (χ3n) is 2.77. The Bertz CT molecular complexity index is 545. The van der Waals surface area contributed by atoms with Crippen molar-refractivity contribution in [1.29, 1.82) is 0 Å². The number of rotatable bonds is 5. The molecule has 0 saturated carbocycles. The van der Waals surface area contributed by atoms with Gasteiger partial charge in [0.05, 0.1) is 17.4 Å². The third kappa shape index (κ3) is 2.86. The van der Waals surface area contributed by atoms with Crippen LogP contribution in [0.3, 0.4) is 0 Å². The number of aryl methyl sites for hydroxylation is 1. The number of fused-ring (bicyclic) bond motifs is 1. The summed E-state index contributed by atoms with van der Waals surface area (Å²) in [5.41, 5.74) is 0.953. The van der Waals surface area contributed by atoms with E-state index in [4.69, 9.17) is 10.0 Å². The van der Waals surface area contributed by atoms with E-state index in [9.17, 15) is 8.78 Å². The monoisotopic (exact) mass is 254 g/mol. The molecule has 0 amide bonds. The highest BCUT2D eigenvalue weighted by Gasteiger charge is 2.09. The summed E-state index contributed by atoms with van der Waals surface area (Å²) in [5, 5.41) is 17.4. The summed E-state index contributed by atoms with van der Waals surface area (Å²) in [4.78, 5) is 3.99. The molecule has 2 rings (SSSR count). The van der Waals surface area contributed by atoms with E-state index in [0.29, 0.717) is 36.7 Å². The molecule has 1 aromatic heterocycles. The molecular weight excluding hydrogens is 241 g/mol. The Hall–Kier alpha value is -1.47.